The zero-order chi connectivity index (χ0) is 21.9. The van der Waals surface area contributed by atoms with Crippen LogP contribution in [-0.4, -0.2) is 33.6 Å². The van der Waals surface area contributed by atoms with Gasteiger partial charge in [0.05, 0.1) is 18.3 Å². The molecule has 0 spiro atoms. The van der Waals surface area contributed by atoms with E-state index >= 15 is 0 Å². The number of hydrogen-bond donors (Lipinski definition) is 3. The molecule has 6 atom stereocenters. The number of rotatable bonds is 7. The molecule has 3 rings (SSSR count). The molecule has 0 aromatic carbocycles. The van der Waals surface area contributed by atoms with Gasteiger partial charge >= 0.3 is 0 Å². The molecule has 0 aromatic rings. The van der Waals surface area contributed by atoms with E-state index in [9.17, 15) is 15.3 Å². The number of fused-ring (bicyclic) bond motifs is 1. The first kappa shape index (κ1) is 23.8. The highest BCUT2D eigenvalue weighted by atomic mass is 16.3. The van der Waals surface area contributed by atoms with Gasteiger partial charge in [-0.25, -0.2) is 0 Å². The summed E-state index contributed by atoms with van der Waals surface area (Å²) in [6.45, 7) is 10.7. The van der Waals surface area contributed by atoms with Crippen LogP contribution in [0.1, 0.15) is 91.4 Å². The Morgan fingerprint density at radius 1 is 1.23 bits per heavy atom. The molecule has 0 heterocycles. The molecule has 0 aromatic heterocycles. The van der Waals surface area contributed by atoms with Crippen molar-refractivity contribution >= 4 is 0 Å². The molecule has 0 unspecified atom stereocenters. The van der Waals surface area contributed by atoms with Crippen LogP contribution in [0.15, 0.2) is 35.5 Å². The van der Waals surface area contributed by atoms with Crippen molar-refractivity contribution < 1.29 is 15.3 Å². The fraction of sp³-hybridized carbons (Fsp3) is 0.778. The molecule has 0 aliphatic heterocycles. The van der Waals surface area contributed by atoms with Crippen LogP contribution >= 0.6 is 0 Å². The van der Waals surface area contributed by atoms with Gasteiger partial charge in [-0.2, -0.15) is 0 Å². The summed E-state index contributed by atoms with van der Waals surface area (Å²) < 4.78 is 0. The largest absolute Gasteiger partial charge is 0.393 e. The van der Waals surface area contributed by atoms with Gasteiger partial charge in [-0.15, -0.1) is 0 Å². The van der Waals surface area contributed by atoms with Crippen LogP contribution in [0.2, 0.25) is 0 Å². The summed E-state index contributed by atoms with van der Waals surface area (Å²) in [4.78, 5) is 0. The average molecular weight is 417 g/mol. The highest BCUT2D eigenvalue weighted by molar-refractivity contribution is 5.36. The van der Waals surface area contributed by atoms with Gasteiger partial charge in [0.15, 0.2) is 0 Å². The number of hydrogen-bond acceptors (Lipinski definition) is 3. The summed E-state index contributed by atoms with van der Waals surface area (Å²) in [5.41, 5.74) is 3.50. The summed E-state index contributed by atoms with van der Waals surface area (Å²) in [7, 11) is 0. The molecule has 3 nitrogen and oxygen atoms in total. The fourth-order valence-electron chi connectivity index (χ4n) is 6.69. The van der Waals surface area contributed by atoms with Gasteiger partial charge in [0, 0.05) is 0 Å². The maximum atomic E-state index is 10.1. The number of aliphatic hydroxyl groups is 3. The Balaban J connectivity index is 1.66. The second kappa shape index (κ2) is 9.71. The summed E-state index contributed by atoms with van der Waals surface area (Å²) >= 11 is 0. The van der Waals surface area contributed by atoms with Gasteiger partial charge in [0.2, 0.25) is 0 Å². The quantitative estimate of drug-likeness (QED) is 0.498. The Labute approximate surface area is 184 Å². The molecule has 30 heavy (non-hydrogen) atoms. The van der Waals surface area contributed by atoms with Gasteiger partial charge in [0.25, 0.3) is 0 Å². The van der Waals surface area contributed by atoms with Crippen LogP contribution in [0.3, 0.4) is 0 Å². The molecule has 3 saturated carbocycles. The maximum absolute atomic E-state index is 10.1. The number of allylic oxidation sites excluding steroid dienone is 4. The van der Waals surface area contributed by atoms with Crippen LogP contribution in [0.5, 0.6) is 0 Å². The van der Waals surface area contributed by atoms with E-state index in [4.69, 9.17) is 0 Å². The van der Waals surface area contributed by atoms with Gasteiger partial charge in [-0.05, 0) is 93.5 Å². The molecular formula is C27H44O3. The van der Waals surface area contributed by atoms with E-state index in [1.807, 2.05) is 0 Å². The zero-order valence-electron chi connectivity index (χ0n) is 19.5. The maximum Gasteiger partial charge on any atom is 0.0849 e. The minimum atomic E-state index is -0.938. The Bertz CT molecular complexity index is 674. The lowest BCUT2D eigenvalue weighted by Gasteiger charge is -2.44. The predicted octanol–water partition coefficient (Wildman–Crippen LogP) is 5.71. The Kier molecular flexibility index (Phi) is 7.69. The first-order valence-electron chi connectivity index (χ1n) is 12.3. The fourth-order valence-corrected chi connectivity index (χ4v) is 6.69. The molecule has 170 valence electrons. The van der Waals surface area contributed by atoms with Crippen LogP contribution < -0.4 is 0 Å². The zero-order valence-corrected chi connectivity index (χ0v) is 19.5. The average Bonchev–Trinajstić information content (AvgIpc) is 3.06. The lowest BCUT2D eigenvalue weighted by Crippen LogP contribution is -2.36. The van der Waals surface area contributed by atoms with Crippen molar-refractivity contribution in [2.75, 3.05) is 6.61 Å². The van der Waals surface area contributed by atoms with Crippen LogP contribution in [0.4, 0.5) is 0 Å². The van der Waals surface area contributed by atoms with Gasteiger partial charge < -0.3 is 15.3 Å². The minimum Gasteiger partial charge on any atom is -0.393 e. The van der Waals surface area contributed by atoms with E-state index in [0.717, 1.165) is 38.0 Å². The van der Waals surface area contributed by atoms with Crippen molar-refractivity contribution in [3.05, 3.63) is 35.5 Å². The summed E-state index contributed by atoms with van der Waals surface area (Å²) in [6, 6.07) is 0. The topological polar surface area (TPSA) is 60.7 Å². The van der Waals surface area contributed by atoms with Crippen molar-refractivity contribution in [3.63, 3.8) is 0 Å². The molecule has 3 aliphatic carbocycles. The van der Waals surface area contributed by atoms with Gasteiger partial charge in [-0.3, -0.25) is 0 Å². The molecule has 3 fully saturated rings. The van der Waals surface area contributed by atoms with Crippen LogP contribution in [0, 0.1) is 23.2 Å². The second-order valence-corrected chi connectivity index (χ2v) is 11.1. The van der Waals surface area contributed by atoms with Crippen molar-refractivity contribution in [1.29, 1.82) is 0 Å². The van der Waals surface area contributed by atoms with Crippen molar-refractivity contribution in [1.82, 2.24) is 0 Å². The Morgan fingerprint density at radius 2 is 2.00 bits per heavy atom. The first-order chi connectivity index (χ1) is 14.2. The highest BCUT2D eigenvalue weighted by Gasteiger charge is 2.50. The molecule has 3 aliphatic rings. The summed E-state index contributed by atoms with van der Waals surface area (Å²) in [5.74, 6) is 2.07. The smallest absolute Gasteiger partial charge is 0.0849 e. The standard InChI is InChI=1S/C27H44O3/c1-19-9-12-23(29)17-22(19)11-10-21-8-6-16-27(4)24(13-14-25(21)27)20(2)7-5-15-26(3,30)18-28/h10-11,20,23-25,28-30H,1,5-9,12-18H2,2-4H3/b21-10+,22-11-/t20-,23+,24-,25+,26-,27-/m0/s1. The molecule has 3 N–H and O–H groups in total. The van der Waals surface area contributed by atoms with Crippen molar-refractivity contribution in [2.45, 2.75) is 103 Å². The SMILES string of the molecule is C=C1CC[C@@H](O)C/C1=C/C=C1\CCC[C@]2(C)[C@@H]1CC[C@H]2[C@@H](C)CCC[C@](C)(O)CO. The Morgan fingerprint density at radius 3 is 2.73 bits per heavy atom. The Hall–Kier alpha value is -0.900. The van der Waals surface area contributed by atoms with Crippen molar-refractivity contribution in [2.24, 2.45) is 23.2 Å². The van der Waals surface area contributed by atoms with E-state index in [1.54, 1.807) is 12.5 Å². The van der Waals surface area contributed by atoms with Crippen molar-refractivity contribution in [3.8, 4) is 0 Å². The second-order valence-electron chi connectivity index (χ2n) is 11.1. The molecule has 0 bridgehead atoms. The third kappa shape index (κ3) is 5.29. The van der Waals surface area contributed by atoms with E-state index in [2.05, 4.69) is 32.6 Å². The number of aliphatic hydroxyl groups excluding tert-OH is 2. The van der Waals surface area contributed by atoms with E-state index < -0.39 is 5.60 Å². The minimum absolute atomic E-state index is 0.155. The summed E-state index contributed by atoms with van der Waals surface area (Å²) in [5, 5.41) is 29.4. The van der Waals surface area contributed by atoms with Gasteiger partial charge in [0.1, 0.15) is 0 Å². The third-order valence-corrected chi connectivity index (χ3v) is 8.63. The lowest BCUT2D eigenvalue weighted by molar-refractivity contribution is -0.00891. The molecular weight excluding hydrogens is 372 g/mol. The monoisotopic (exact) mass is 416 g/mol. The normalized spacial score (nSPS) is 37.9. The first-order valence-corrected chi connectivity index (χ1v) is 12.3. The van der Waals surface area contributed by atoms with E-state index in [0.29, 0.717) is 23.7 Å². The van der Waals surface area contributed by atoms with Gasteiger partial charge in [-0.1, -0.05) is 56.6 Å². The predicted molar refractivity (Wildman–Crippen MR) is 124 cm³/mol. The summed E-state index contributed by atoms with van der Waals surface area (Å²) in [6.07, 6.45) is 16.1. The van der Waals surface area contributed by atoms with E-state index in [-0.39, 0.29) is 12.7 Å². The highest BCUT2D eigenvalue weighted by Crippen LogP contribution is 2.60. The lowest BCUT2D eigenvalue weighted by atomic mass is 9.60. The molecule has 0 saturated heterocycles. The third-order valence-electron chi connectivity index (χ3n) is 8.63. The molecule has 0 amide bonds. The molecule has 0 radical (unpaired) electrons. The van der Waals surface area contributed by atoms with Crippen LogP contribution in [0.25, 0.3) is 0 Å². The molecule has 3 heteroatoms. The van der Waals surface area contributed by atoms with Crippen LogP contribution in [-0.2, 0) is 0 Å². The van der Waals surface area contributed by atoms with E-state index in [1.165, 1.54) is 43.3 Å².